The fourth-order valence-electron chi connectivity index (χ4n) is 3.21. The zero-order valence-corrected chi connectivity index (χ0v) is 16.6. The summed E-state index contributed by atoms with van der Waals surface area (Å²) in [5.74, 6) is 2.36. The SMILES string of the molecule is Cc1ccc([C@H](CNC(=O)COc2ccc(Br)cc2)N2CCCCC2)o1. The van der Waals surface area contributed by atoms with Gasteiger partial charge in [0.15, 0.2) is 6.61 Å². The molecule has 0 saturated carbocycles. The molecule has 1 aromatic heterocycles. The molecule has 3 rings (SSSR count). The molecule has 0 unspecified atom stereocenters. The number of ether oxygens (including phenoxy) is 1. The summed E-state index contributed by atoms with van der Waals surface area (Å²) >= 11 is 3.38. The molecule has 140 valence electrons. The average Bonchev–Trinajstić information content (AvgIpc) is 3.08. The van der Waals surface area contributed by atoms with Gasteiger partial charge in [-0.05, 0) is 69.3 Å². The fraction of sp³-hybridized carbons (Fsp3) is 0.450. The molecule has 1 saturated heterocycles. The number of amides is 1. The molecule has 1 atom stereocenters. The summed E-state index contributed by atoms with van der Waals surface area (Å²) in [5, 5.41) is 2.99. The number of rotatable bonds is 7. The Bertz CT molecular complexity index is 708. The van der Waals surface area contributed by atoms with Crippen molar-refractivity contribution in [3.05, 3.63) is 52.4 Å². The van der Waals surface area contributed by atoms with Gasteiger partial charge in [-0.25, -0.2) is 0 Å². The summed E-state index contributed by atoms with van der Waals surface area (Å²) in [4.78, 5) is 14.6. The monoisotopic (exact) mass is 420 g/mol. The van der Waals surface area contributed by atoms with Crippen molar-refractivity contribution in [3.63, 3.8) is 0 Å². The summed E-state index contributed by atoms with van der Waals surface area (Å²) in [6, 6.07) is 11.5. The number of benzene rings is 1. The van der Waals surface area contributed by atoms with E-state index in [4.69, 9.17) is 9.15 Å². The zero-order valence-electron chi connectivity index (χ0n) is 15.0. The third kappa shape index (κ3) is 5.35. The van der Waals surface area contributed by atoms with E-state index in [9.17, 15) is 4.79 Å². The first-order valence-electron chi connectivity index (χ1n) is 9.07. The van der Waals surface area contributed by atoms with Crippen molar-refractivity contribution in [3.8, 4) is 5.75 Å². The van der Waals surface area contributed by atoms with Gasteiger partial charge in [-0.15, -0.1) is 0 Å². The van der Waals surface area contributed by atoms with Crippen molar-refractivity contribution < 1.29 is 13.9 Å². The highest BCUT2D eigenvalue weighted by Gasteiger charge is 2.25. The fourth-order valence-corrected chi connectivity index (χ4v) is 3.48. The molecular weight excluding hydrogens is 396 g/mol. The number of nitrogens with one attached hydrogen (secondary N) is 1. The topological polar surface area (TPSA) is 54.7 Å². The molecule has 26 heavy (non-hydrogen) atoms. The summed E-state index contributed by atoms with van der Waals surface area (Å²) in [6.07, 6.45) is 3.65. The van der Waals surface area contributed by atoms with Gasteiger partial charge in [-0.3, -0.25) is 9.69 Å². The summed E-state index contributed by atoms with van der Waals surface area (Å²) in [5.41, 5.74) is 0. The van der Waals surface area contributed by atoms with E-state index < -0.39 is 0 Å². The van der Waals surface area contributed by atoms with E-state index in [1.807, 2.05) is 43.3 Å². The molecule has 2 aromatic rings. The van der Waals surface area contributed by atoms with Gasteiger partial charge in [0.05, 0.1) is 6.04 Å². The average molecular weight is 421 g/mol. The van der Waals surface area contributed by atoms with E-state index in [1.54, 1.807) is 0 Å². The standard InChI is InChI=1S/C20H25BrN2O3/c1-15-5-10-19(26-15)18(23-11-3-2-4-12-23)13-22-20(24)14-25-17-8-6-16(21)7-9-17/h5-10,18H,2-4,11-14H2,1H3,(H,22,24)/t18-/m0/s1. The molecule has 6 heteroatoms. The van der Waals surface area contributed by atoms with Crippen LogP contribution in [-0.2, 0) is 4.79 Å². The maximum absolute atomic E-state index is 12.2. The molecule has 0 spiro atoms. The number of nitrogens with zero attached hydrogens (tertiary/aromatic N) is 1. The van der Waals surface area contributed by atoms with Gasteiger partial charge in [0.2, 0.25) is 0 Å². The lowest BCUT2D eigenvalue weighted by Crippen LogP contribution is -2.41. The molecule has 0 bridgehead atoms. The quantitative estimate of drug-likeness (QED) is 0.733. The van der Waals surface area contributed by atoms with Crippen LogP contribution in [0.15, 0.2) is 45.3 Å². The molecule has 1 amide bonds. The van der Waals surface area contributed by atoms with Crippen molar-refractivity contribution in [2.75, 3.05) is 26.2 Å². The van der Waals surface area contributed by atoms with Crippen LogP contribution in [0, 0.1) is 6.92 Å². The first-order valence-corrected chi connectivity index (χ1v) is 9.86. The van der Waals surface area contributed by atoms with Gasteiger partial charge in [-0.2, -0.15) is 0 Å². The Balaban J connectivity index is 1.54. The Morgan fingerprint density at radius 2 is 1.92 bits per heavy atom. The highest BCUT2D eigenvalue weighted by molar-refractivity contribution is 9.10. The molecule has 5 nitrogen and oxygen atoms in total. The minimum atomic E-state index is -0.127. The highest BCUT2D eigenvalue weighted by Crippen LogP contribution is 2.25. The minimum Gasteiger partial charge on any atom is -0.484 e. The van der Waals surface area contributed by atoms with Crippen molar-refractivity contribution in [2.45, 2.75) is 32.2 Å². The number of aryl methyl sites for hydroxylation is 1. The number of carbonyl (C=O) groups excluding carboxylic acids is 1. The van der Waals surface area contributed by atoms with Crippen LogP contribution in [0.2, 0.25) is 0 Å². The Morgan fingerprint density at radius 3 is 2.58 bits per heavy atom. The van der Waals surface area contributed by atoms with E-state index in [0.717, 1.165) is 29.1 Å². The van der Waals surface area contributed by atoms with Crippen LogP contribution >= 0.6 is 15.9 Å². The second kappa shape index (κ2) is 9.24. The van der Waals surface area contributed by atoms with Gasteiger partial charge in [0.1, 0.15) is 17.3 Å². The van der Waals surface area contributed by atoms with E-state index in [-0.39, 0.29) is 18.6 Å². The summed E-state index contributed by atoms with van der Waals surface area (Å²) in [7, 11) is 0. The number of hydrogen-bond donors (Lipinski definition) is 1. The number of hydrogen-bond acceptors (Lipinski definition) is 4. The van der Waals surface area contributed by atoms with Crippen LogP contribution < -0.4 is 10.1 Å². The summed E-state index contributed by atoms with van der Waals surface area (Å²) < 4.78 is 12.4. The van der Waals surface area contributed by atoms with E-state index in [1.165, 1.54) is 19.3 Å². The Morgan fingerprint density at radius 1 is 1.19 bits per heavy atom. The van der Waals surface area contributed by atoms with Crippen LogP contribution in [0.4, 0.5) is 0 Å². The number of furan rings is 1. The van der Waals surface area contributed by atoms with Crippen LogP contribution in [0.1, 0.15) is 36.8 Å². The lowest BCUT2D eigenvalue weighted by Gasteiger charge is -2.33. The van der Waals surface area contributed by atoms with Crippen molar-refractivity contribution in [2.24, 2.45) is 0 Å². The van der Waals surface area contributed by atoms with Crippen LogP contribution in [0.5, 0.6) is 5.75 Å². The molecule has 0 radical (unpaired) electrons. The van der Waals surface area contributed by atoms with Gasteiger partial charge in [0.25, 0.3) is 5.91 Å². The number of likely N-dealkylation sites (tertiary alicyclic amines) is 1. The normalized spacial score (nSPS) is 16.2. The largest absolute Gasteiger partial charge is 0.484 e. The Labute approximate surface area is 162 Å². The molecule has 1 aliphatic rings. The van der Waals surface area contributed by atoms with E-state index >= 15 is 0 Å². The van der Waals surface area contributed by atoms with Crippen molar-refractivity contribution >= 4 is 21.8 Å². The molecule has 1 aliphatic heterocycles. The van der Waals surface area contributed by atoms with Gasteiger partial charge < -0.3 is 14.5 Å². The number of halogens is 1. The number of carbonyl (C=O) groups is 1. The van der Waals surface area contributed by atoms with Crippen molar-refractivity contribution in [1.29, 1.82) is 0 Å². The maximum Gasteiger partial charge on any atom is 0.258 e. The molecule has 0 aliphatic carbocycles. The van der Waals surface area contributed by atoms with Crippen LogP contribution in [0.3, 0.4) is 0 Å². The van der Waals surface area contributed by atoms with Gasteiger partial charge in [-0.1, -0.05) is 22.4 Å². The molecule has 2 heterocycles. The molecule has 1 N–H and O–H groups in total. The number of piperidine rings is 1. The maximum atomic E-state index is 12.2. The third-order valence-electron chi connectivity index (χ3n) is 4.60. The highest BCUT2D eigenvalue weighted by atomic mass is 79.9. The van der Waals surface area contributed by atoms with E-state index in [0.29, 0.717) is 12.3 Å². The van der Waals surface area contributed by atoms with Crippen LogP contribution in [0.25, 0.3) is 0 Å². The molecule has 1 aromatic carbocycles. The van der Waals surface area contributed by atoms with Gasteiger partial charge >= 0.3 is 0 Å². The second-order valence-corrected chi connectivity index (χ2v) is 7.52. The summed E-state index contributed by atoms with van der Waals surface area (Å²) in [6.45, 7) is 4.55. The van der Waals surface area contributed by atoms with Crippen molar-refractivity contribution in [1.82, 2.24) is 10.2 Å². The lowest BCUT2D eigenvalue weighted by molar-refractivity contribution is -0.123. The Hall–Kier alpha value is -1.79. The molecular formula is C20H25BrN2O3. The zero-order chi connectivity index (χ0) is 18.4. The van der Waals surface area contributed by atoms with Crippen LogP contribution in [-0.4, -0.2) is 37.0 Å². The lowest BCUT2D eigenvalue weighted by atomic mass is 10.1. The smallest absolute Gasteiger partial charge is 0.258 e. The van der Waals surface area contributed by atoms with E-state index in [2.05, 4.69) is 26.1 Å². The first kappa shape index (κ1) is 19.0. The predicted molar refractivity (Wildman–Crippen MR) is 104 cm³/mol. The first-order chi connectivity index (χ1) is 12.6. The minimum absolute atomic E-state index is 0.00549. The Kier molecular flexibility index (Phi) is 6.74. The van der Waals surface area contributed by atoms with Gasteiger partial charge in [0, 0.05) is 11.0 Å². The second-order valence-electron chi connectivity index (χ2n) is 6.61. The third-order valence-corrected chi connectivity index (χ3v) is 5.13. The molecule has 1 fully saturated rings. The predicted octanol–water partition coefficient (Wildman–Crippen LogP) is 4.07.